The molecule has 2 aromatic carbocycles. The van der Waals surface area contributed by atoms with E-state index in [-0.39, 0.29) is 18.4 Å². The van der Waals surface area contributed by atoms with Crippen molar-refractivity contribution in [1.82, 2.24) is 15.1 Å². The molecule has 0 bridgehead atoms. The second-order valence-corrected chi connectivity index (χ2v) is 8.11. The number of hydrogen-bond donors (Lipinski definition) is 1. The molecule has 1 fully saturated rings. The van der Waals surface area contributed by atoms with E-state index in [0.717, 1.165) is 25.3 Å². The first-order valence-corrected chi connectivity index (χ1v) is 10.7. The number of benzene rings is 2. The fourth-order valence-electron chi connectivity index (χ4n) is 3.37. The Labute approximate surface area is 188 Å². The molecule has 1 aliphatic rings. The van der Waals surface area contributed by atoms with Crippen molar-refractivity contribution in [3.8, 4) is 5.75 Å². The van der Waals surface area contributed by atoms with E-state index in [9.17, 15) is 9.59 Å². The number of para-hydroxylation sites is 1. The van der Waals surface area contributed by atoms with Gasteiger partial charge in [0.05, 0.1) is 12.1 Å². The average Bonchev–Trinajstić information content (AvgIpc) is 2.77. The summed E-state index contributed by atoms with van der Waals surface area (Å²) in [5.74, 6) is 0.112. The first kappa shape index (κ1) is 22.9. The van der Waals surface area contributed by atoms with Crippen molar-refractivity contribution in [2.45, 2.75) is 0 Å². The van der Waals surface area contributed by atoms with E-state index in [0.29, 0.717) is 36.0 Å². The Kier molecular flexibility index (Phi) is 8.14. The molecule has 0 aromatic heterocycles. The number of carbonyl (C=O) groups is 2. The van der Waals surface area contributed by atoms with Gasteiger partial charge in [0.2, 0.25) is 5.91 Å². The van der Waals surface area contributed by atoms with Gasteiger partial charge in [-0.2, -0.15) is 0 Å². The van der Waals surface area contributed by atoms with Gasteiger partial charge in [-0.05, 0) is 44.4 Å². The van der Waals surface area contributed by atoms with Crippen LogP contribution in [0.4, 0.5) is 5.69 Å². The lowest BCUT2D eigenvalue weighted by molar-refractivity contribution is -0.130. The predicted octanol–water partition coefficient (Wildman–Crippen LogP) is 2.36. The summed E-state index contributed by atoms with van der Waals surface area (Å²) in [6.07, 6.45) is 0. The van der Waals surface area contributed by atoms with Gasteiger partial charge in [-0.25, -0.2) is 0 Å². The summed E-state index contributed by atoms with van der Waals surface area (Å²) >= 11 is 6.08. The number of nitrogens with zero attached hydrogens (tertiary/aromatic N) is 3. The number of amides is 2. The van der Waals surface area contributed by atoms with Crippen LogP contribution in [0.25, 0.3) is 0 Å². The SMILES string of the molecule is CN(C)CCOc1ccccc1C(=O)NCC(=O)N1CCN(c2cccc(Cl)c2)CC1. The Morgan fingerprint density at radius 2 is 1.81 bits per heavy atom. The lowest BCUT2D eigenvalue weighted by Gasteiger charge is -2.36. The molecule has 8 heteroatoms. The Hall–Kier alpha value is -2.77. The Balaban J connectivity index is 1.48. The minimum Gasteiger partial charge on any atom is -0.491 e. The van der Waals surface area contributed by atoms with Gasteiger partial charge in [-0.3, -0.25) is 9.59 Å². The Bertz CT molecular complexity index is 898. The van der Waals surface area contributed by atoms with Crippen LogP contribution in [0.15, 0.2) is 48.5 Å². The molecule has 1 saturated heterocycles. The minimum atomic E-state index is -0.314. The molecule has 1 N–H and O–H groups in total. The predicted molar refractivity (Wildman–Crippen MR) is 123 cm³/mol. The van der Waals surface area contributed by atoms with Crippen molar-refractivity contribution in [3.63, 3.8) is 0 Å². The van der Waals surface area contributed by atoms with E-state index in [1.165, 1.54) is 0 Å². The van der Waals surface area contributed by atoms with Crippen molar-refractivity contribution in [1.29, 1.82) is 0 Å². The minimum absolute atomic E-state index is 0.0397. The molecule has 2 amide bonds. The fourth-order valence-corrected chi connectivity index (χ4v) is 3.55. The molecule has 3 rings (SSSR count). The highest BCUT2D eigenvalue weighted by atomic mass is 35.5. The van der Waals surface area contributed by atoms with Crippen molar-refractivity contribution in [3.05, 3.63) is 59.1 Å². The molecule has 0 radical (unpaired) electrons. The average molecular weight is 445 g/mol. The molecule has 0 atom stereocenters. The molecule has 0 saturated carbocycles. The fraction of sp³-hybridized carbons (Fsp3) is 0.391. The molecule has 1 heterocycles. The molecule has 7 nitrogen and oxygen atoms in total. The first-order chi connectivity index (χ1) is 14.9. The van der Waals surface area contributed by atoms with Crippen LogP contribution in [0.3, 0.4) is 0 Å². The van der Waals surface area contributed by atoms with Gasteiger partial charge in [0, 0.05) is 43.4 Å². The van der Waals surface area contributed by atoms with Crippen LogP contribution in [0.2, 0.25) is 5.02 Å². The largest absolute Gasteiger partial charge is 0.491 e. The summed E-state index contributed by atoms with van der Waals surface area (Å²) < 4.78 is 5.74. The molecule has 31 heavy (non-hydrogen) atoms. The smallest absolute Gasteiger partial charge is 0.255 e. The Morgan fingerprint density at radius 3 is 2.52 bits per heavy atom. The number of halogens is 1. The molecular weight excluding hydrogens is 416 g/mol. The molecule has 166 valence electrons. The second kappa shape index (κ2) is 11.0. The topological polar surface area (TPSA) is 65.1 Å². The summed E-state index contributed by atoms with van der Waals surface area (Å²) in [4.78, 5) is 31.2. The van der Waals surface area contributed by atoms with Gasteiger partial charge in [-0.15, -0.1) is 0 Å². The van der Waals surface area contributed by atoms with Crippen LogP contribution < -0.4 is 15.0 Å². The number of anilines is 1. The zero-order chi connectivity index (χ0) is 22.2. The van der Waals surface area contributed by atoms with E-state index < -0.39 is 0 Å². The summed E-state index contributed by atoms with van der Waals surface area (Å²) in [7, 11) is 3.92. The molecule has 0 unspecified atom stereocenters. The van der Waals surface area contributed by atoms with Gasteiger partial charge in [-0.1, -0.05) is 29.8 Å². The third-order valence-electron chi connectivity index (χ3n) is 5.13. The zero-order valence-corrected chi connectivity index (χ0v) is 18.8. The third-order valence-corrected chi connectivity index (χ3v) is 5.37. The van der Waals surface area contributed by atoms with Crippen molar-refractivity contribution < 1.29 is 14.3 Å². The van der Waals surface area contributed by atoms with Gasteiger partial charge in [0.1, 0.15) is 12.4 Å². The summed E-state index contributed by atoms with van der Waals surface area (Å²) in [5.41, 5.74) is 1.48. The molecular formula is C23H29ClN4O3. The molecule has 2 aromatic rings. The highest BCUT2D eigenvalue weighted by molar-refractivity contribution is 6.30. The van der Waals surface area contributed by atoms with Gasteiger partial charge in [0.15, 0.2) is 0 Å². The van der Waals surface area contributed by atoms with E-state index in [1.54, 1.807) is 23.1 Å². The third kappa shape index (κ3) is 6.60. The monoisotopic (exact) mass is 444 g/mol. The summed E-state index contributed by atoms with van der Waals surface area (Å²) in [5, 5.41) is 3.43. The highest BCUT2D eigenvalue weighted by Gasteiger charge is 2.22. The normalized spacial score (nSPS) is 13.9. The quantitative estimate of drug-likeness (QED) is 0.677. The van der Waals surface area contributed by atoms with E-state index >= 15 is 0 Å². The maximum atomic E-state index is 12.6. The number of hydrogen-bond acceptors (Lipinski definition) is 5. The standard InChI is InChI=1S/C23H29ClN4O3/c1-26(2)14-15-31-21-9-4-3-8-20(21)23(30)25-17-22(29)28-12-10-27(11-13-28)19-7-5-6-18(24)16-19/h3-9,16H,10-15,17H2,1-2H3,(H,25,30). The zero-order valence-electron chi connectivity index (χ0n) is 18.0. The lowest BCUT2D eigenvalue weighted by Crippen LogP contribution is -2.51. The second-order valence-electron chi connectivity index (χ2n) is 7.68. The number of rotatable bonds is 8. The molecule has 0 aliphatic carbocycles. The number of likely N-dealkylation sites (N-methyl/N-ethyl adjacent to an activating group) is 1. The molecule has 1 aliphatic heterocycles. The number of carbonyl (C=O) groups excluding carboxylic acids is 2. The van der Waals surface area contributed by atoms with Crippen LogP contribution in [-0.2, 0) is 4.79 Å². The lowest BCUT2D eigenvalue weighted by atomic mass is 10.2. The maximum Gasteiger partial charge on any atom is 0.255 e. The summed E-state index contributed by atoms with van der Waals surface area (Å²) in [6, 6.07) is 14.8. The van der Waals surface area contributed by atoms with Crippen LogP contribution in [0.1, 0.15) is 10.4 Å². The van der Waals surface area contributed by atoms with E-state index in [2.05, 4.69) is 10.2 Å². The van der Waals surface area contributed by atoms with Crippen LogP contribution in [-0.4, -0.2) is 81.6 Å². The Morgan fingerprint density at radius 1 is 1.06 bits per heavy atom. The number of nitrogens with one attached hydrogen (secondary N) is 1. The van der Waals surface area contributed by atoms with Crippen LogP contribution >= 0.6 is 11.6 Å². The maximum absolute atomic E-state index is 12.6. The van der Waals surface area contributed by atoms with Crippen LogP contribution in [0, 0.1) is 0 Å². The first-order valence-electron chi connectivity index (χ1n) is 10.4. The number of piperazine rings is 1. The highest BCUT2D eigenvalue weighted by Crippen LogP contribution is 2.21. The molecule has 0 spiro atoms. The van der Waals surface area contributed by atoms with Gasteiger partial charge in [0.25, 0.3) is 5.91 Å². The van der Waals surface area contributed by atoms with E-state index in [1.807, 2.05) is 49.3 Å². The van der Waals surface area contributed by atoms with Crippen LogP contribution in [0.5, 0.6) is 5.75 Å². The van der Waals surface area contributed by atoms with Crippen molar-refractivity contribution in [2.24, 2.45) is 0 Å². The van der Waals surface area contributed by atoms with Gasteiger partial charge < -0.3 is 24.8 Å². The number of ether oxygens (including phenoxy) is 1. The van der Waals surface area contributed by atoms with E-state index in [4.69, 9.17) is 16.3 Å². The summed E-state index contributed by atoms with van der Waals surface area (Å²) in [6.45, 7) is 3.84. The van der Waals surface area contributed by atoms with Gasteiger partial charge >= 0.3 is 0 Å². The van der Waals surface area contributed by atoms with Crippen molar-refractivity contribution in [2.75, 3.05) is 64.9 Å². The van der Waals surface area contributed by atoms with Crippen molar-refractivity contribution >= 4 is 29.1 Å².